The van der Waals surface area contributed by atoms with Gasteiger partial charge in [-0.25, -0.2) is 4.98 Å². The van der Waals surface area contributed by atoms with Gasteiger partial charge < -0.3 is 14.8 Å². The molecule has 0 fully saturated rings. The van der Waals surface area contributed by atoms with Crippen molar-refractivity contribution in [3.8, 4) is 11.5 Å². The molecule has 6 nitrogen and oxygen atoms in total. The van der Waals surface area contributed by atoms with Crippen LogP contribution in [0.1, 0.15) is 27.7 Å². The quantitative estimate of drug-likeness (QED) is 0.218. The Labute approximate surface area is 229 Å². The predicted octanol–water partition coefficient (Wildman–Crippen LogP) is 7.38. The molecule has 8 heteroatoms. The molecule has 1 N–H and O–H groups in total. The molecule has 38 heavy (non-hydrogen) atoms. The minimum atomic E-state index is -0.400. The standard InChI is InChI=1S/C30H25N3O3S2/c1-35-22-14-12-21(13-15-22)33-28(31-24-8-4-3-7-23(24)29(33)34)19-11-16-26(36-2)20(17-19)18-37-30-32-25-9-5-6-10-27(25)38-30/h3-17,28,31H,18H2,1-2H3. The van der Waals surface area contributed by atoms with Crippen LogP contribution in [0.25, 0.3) is 10.2 Å². The van der Waals surface area contributed by atoms with E-state index in [1.54, 1.807) is 42.2 Å². The molecule has 0 saturated carbocycles. The summed E-state index contributed by atoms with van der Waals surface area (Å²) in [4.78, 5) is 20.3. The topological polar surface area (TPSA) is 63.7 Å². The molecule has 6 rings (SSSR count). The van der Waals surface area contributed by atoms with Gasteiger partial charge >= 0.3 is 0 Å². The van der Waals surface area contributed by atoms with Gasteiger partial charge in [0.05, 0.1) is 30.0 Å². The van der Waals surface area contributed by atoms with Crippen LogP contribution in [0, 0.1) is 0 Å². The Balaban J connectivity index is 1.36. The van der Waals surface area contributed by atoms with Crippen molar-refractivity contribution in [2.24, 2.45) is 0 Å². The number of carbonyl (C=O) groups excluding carboxylic acids is 1. The fraction of sp³-hybridized carbons (Fsp3) is 0.133. The molecule has 5 aromatic rings. The lowest BCUT2D eigenvalue weighted by molar-refractivity contribution is 0.0975. The zero-order valence-corrected chi connectivity index (χ0v) is 22.5. The molecule has 4 aromatic carbocycles. The predicted molar refractivity (Wildman–Crippen MR) is 155 cm³/mol. The number of anilines is 2. The Bertz CT molecular complexity index is 1580. The van der Waals surface area contributed by atoms with E-state index in [-0.39, 0.29) is 5.91 Å². The Morgan fingerprint density at radius 2 is 1.74 bits per heavy atom. The maximum absolute atomic E-state index is 13.8. The van der Waals surface area contributed by atoms with Crippen LogP contribution in [0.15, 0.2) is 95.3 Å². The lowest BCUT2D eigenvalue weighted by Gasteiger charge is -2.38. The summed E-state index contributed by atoms with van der Waals surface area (Å²) in [7, 11) is 3.32. The first kappa shape index (κ1) is 24.3. The highest BCUT2D eigenvalue weighted by Crippen LogP contribution is 2.39. The van der Waals surface area contributed by atoms with E-state index in [2.05, 4.69) is 17.4 Å². The number of rotatable bonds is 7. The monoisotopic (exact) mass is 539 g/mol. The van der Waals surface area contributed by atoms with Gasteiger partial charge in [-0.1, -0.05) is 42.1 Å². The SMILES string of the molecule is COc1ccc(N2C(=O)c3ccccc3NC2c2ccc(OC)c(CSc3nc4ccccc4s3)c2)cc1. The molecule has 2 heterocycles. The molecule has 1 amide bonds. The van der Waals surface area contributed by atoms with Gasteiger partial charge in [-0.3, -0.25) is 9.69 Å². The van der Waals surface area contributed by atoms with Gasteiger partial charge in [-0.05, 0) is 66.2 Å². The molecule has 0 radical (unpaired) electrons. The van der Waals surface area contributed by atoms with Crippen molar-refractivity contribution < 1.29 is 14.3 Å². The first-order valence-electron chi connectivity index (χ1n) is 12.1. The fourth-order valence-corrected chi connectivity index (χ4v) is 6.68. The van der Waals surface area contributed by atoms with Crippen molar-refractivity contribution in [2.45, 2.75) is 16.3 Å². The number of hydrogen-bond donors (Lipinski definition) is 1. The zero-order valence-electron chi connectivity index (χ0n) is 20.9. The van der Waals surface area contributed by atoms with E-state index < -0.39 is 6.17 Å². The van der Waals surface area contributed by atoms with Crippen LogP contribution in [-0.4, -0.2) is 25.1 Å². The summed E-state index contributed by atoms with van der Waals surface area (Å²) < 4.78 is 13.2. The Morgan fingerprint density at radius 3 is 2.53 bits per heavy atom. The van der Waals surface area contributed by atoms with Gasteiger partial charge in [0.1, 0.15) is 17.7 Å². The first-order valence-corrected chi connectivity index (χ1v) is 13.9. The lowest BCUT2D eigenvalue weighted by Crippen LogP contribution is -2.43. The van der Waals surface area contributed by atoms with Gasteiger partial charge in [0.2, 0.25) is 0 Å². The second kappa shape index (κ2) is 10.4. The molecule has 0 bridgehead atoms. The van der Waals surface area contributed by atoms with E-state index in [1.807, 2.05) is 78.9 Å². The van der Waals surface area contributed by atoms with Crippen LogP contribution >= 0.6 is 23.1 Å². The Kier molecular flexibility index (Phi) is 6.66. The van der Waals surface area contributed by atoms with E-state index in [0.29, 0.717) is 11.3 Å². The van der Waals surface area contributed by atoms with Crippen molar-refractivity contribution in [3.63, 3.8) is 0 Å². The number of para-hydroxylation sites is 2. The Morgan fingerprint density at radius 1 is 0.947 bits per heavy atom. The van der Waals surface area contributed by atoms with Crippen LogP contribution in [0.2, 0.25) is 0 Å². The largest absolute Gasteiger partial charge is 0.497 e. The Hall–Kier alpha value is -4.01. The number of fused-ring (bicyclic) bond motifs is 2. The number of carbonyl (C=O) groups is 1. The molecule has 1 unspecified atom stereocenters. The highest BCUT2D eigenvalue weighted by atomic mass is 32.2. The summed E-state index contributed by atoms with van der Waals surface area (Å²) in [5.41, 5.74) is 5.25. The minimum absolute atomic E-state index is 0.0595. The van der Waals surface area contributed by atoms with Crippen LogP contribution in [0.3, 0.4) is 0 Å². The van der Waals surface area contributed by atoms with Gasteiger partial charge in [-0.2, -0.15) is 0 Å². The maximum Gasteiger partial charge on any atom is 0.262 e. The van der Waals surface area contributed by atoms with Crippen molar-refractivity contribution in [1.82, 2.24) is 4.98 Å². The molecule has 1 atom stereocenters. The average molecular weight is 540 g/mol. The number of methoxy groups -OCH3 is 2. The number of ether oxygens (including phenoxy) is 2. The molecule has 0 saturated heterocycles. The molecule has 1 aromatic heterocycles. The van der Waals surface area contributed by atoms with E-state index in [4.69, 9.17) is 14.5 Å². The summed E-state index contributed by atoms with van der Waals surface area (Å²) in [6.07, 6.45) is -0.400. The number of nitrogens with zero attached hydrogens (tertiary/aromatic N) is 2. The van der Waals surface area contributed by atoms with E-state index in [9.17, 15) is 4.79 Å². The first-order chi connectivity index (χ1) is 18.6. The zero-order chi connectivity index (χ0) is 26.1. The minimum Gasteiger partial charge on any atom is -0.497 e. The van der Waals surface area contributed by atoms with Crippen molar-refractivity contribution in [3.05, 3.63) is 108 Å². The second-order valence-electron chi connectivity index (χ2n) is 8.77. The average Bonchev–Trinajstić information content (AvgIpc) is 3.39. The van der Waals surface area contributed by atoms with E-state index >= 15 is 0 Å². The van der Waals surface area contributed by atoms with Crippen LogP contribution in [0.4, 0.5) is 11.4 Å². The number of hydrogen-bond acceptors (Lipinski definition) is 7. The fourth-order valence-electron chi connectivity index (χ4n) is 4.63. The molecular formula is C30H25N3O3S2. The normalized spacial score (nSPS) is 14.7. The third-order valence-electron chi connectivity index (χ3n) is 6.52. The molecule has 0 spiro atoms. The summed E-state index contributed by atoms with van der Waals surface area (Å²) in [6.45, 7) is 0. The van der Waals surface area contributed by atoms with Crippen molar-refractivity contribution in [2.75, 3.05) is 24.4 Å². The number of amides is 1. The third-order valence-corrected chi connectivity index (χ3v) is 8.75. The molecule has 0 aliphatic carbocycles. The van der Waals surface area contributed by atoms with E-state index in [0.717, 1.165) is 43.9 Å². The smallest absolute Gasteiger partial charge is 0.262 e. The number of nitrogens with one attached hydrogen (secondary N) is 1. The number of thioether (sulfide) groups is 1. The van der Waals surface area contributed by atoms with Crippen molar-refractivity contribution in [1.29, 1.82) is 0 Å². The summed E-state index contributed by atoms with van der Waals surface area (Å²) in [5, 5.41) is 3.59. The molecule has 1 aliphatic rings. The molecule has 1 aliphatic heterocycles. The van der Waals surface area contributed by atoms with Gasteiger partial charge in [-0.15, -0.1) is 11.3 Å². The third kappa shape index (κ3) is 4.57. The van der Waals surface area contributed by atoms with Gasteiger partial charge in [0.15, 0.2) is 4.34 Å². The van der Waals surface area contributed by atoms with Gasteiger partial charge in [0.25, 0.3) is 5.91 Å². The molecular weight excluding hydrogens is 514 g/mol. The summed E-state index contributed by atoms with van der Waals surface area (Å²) in [5.74, 6) is 2.18. The number of aromatic nitrogens is 1. The highest BCUT2D eigenvalue weighted by molar-refractivity contribution is 8.00. The highest BCUT2D eigenvalue weighted by Gasteiger charge is 2.34. The van der Waals surface area contributed by atoms with Crippen molar-refractivity contribution >= 4 is 50.6 Å². The number of thiazole rings is 1. The molecule has 190 valence electrons. The lowest BCUT2D eigenvalue weighted by atomic mass is 10.0. The number of benzene rings is 4. The second-order valence-corrected chi connectivity index (χ2v) is 11.0. The van der Waals surface area contributed by atoms with Crippen LogP contribution in [0.5, 0.6) is 11.5 Å². The summed E-state index contributed by atoms with van der Waals surface area (Å²) >= 11 is 3.38. The van der Waals surface area contributed by atoms with E-state index in [1.165, 1.54) is 4.70 Å². The van der Waals surface area contributed by atoms with Crippen LogP contribution in [-0.2, 0) is 5.75 Å². The van der Waals surface area contributed by atoms with Gasteiger partial charge in [0, 0.05) is 22.7 Å². The summed E-state index contributed by atoms with van der Waals surface area (Å²) in [6, 6.07) is 29.5. The van der Waals surface area contributed by atoms with Crippen LogP contribution < -0.4 is 19.7 Å². The maximum atomic E-state index is 13.8.